The molecule has 1 aromatic carbocycles. The fourth-order valence-electron chi connectivity index (χ4n) is 2.95. The zero-order chi connectivity index (χ0) is 20.6. The number of amides is 3. The molecule has 0 bridgehead atoms. The van der Waals surface area contributed by atoms with Gasteiger partial charge in [0.1, 0.15) is 6.04 Å². The number of primary amides is 2. The molecule has 0 radical (unpaired) electrons. The summed E-state index contributed by atoms with van der Waals surface area (Å²) in [4.78, 5) is 38.1. The third kappa shape index (κ3) is 7.02. The molecule has 0 saturated heterocycles. The van der Waals surface area contributed by atoms with Gasteiger partial charge in [-0.3, -0.25) is 19.3 Å². The molecule has 0 aromatic heterocycles. The molecule has 5 N–H and O–H groups in total. The van der Waals surface area contributed by atoms with Gasteiger partial charge < -0.3 is 16.8 Å². The lowest BCUT2D eigenvalue weighted by atomic mass is 9.97. The third-order valence-electron chi connectivity index (χ3n) is 4.27. The summed E-state index contributed by atoms with van der Waals surface area (Å²) in [6, 6.07) is 7.72. The van der Waals surface area contributed by atoms with Crippen LogP contribution in [0.25, 0.3) is 0 Å². The van der Waals surface area contributed by atoms with Gasteiger partial charge in [0.25, 0.3) is 0 Å². The Labute approximate surface area is 161 Å². The average molecular weight is 377 g/mol. The number of carbonyl (C=O) groups is 3. The lowest BCUT2D eigenvalue weighted by molar-refractivity contribution is -0.126. The van der Waals surface area contributed by atoms with E-state index in [4.69, 9.17) is 11.5 Å². The topological polar surface area (TPSA) is 119 Å². The number of benzene rings is 1. The molecule has 0 saturated carbocycles. The maximum atomic E-state index is 13.4. The number of anilines is 1. The van der Waals surface area contributed by atoms with Crippen molar-refractivity contribution in [3.8, 4) is 0 Å². The molecule has 7 nitrogen and oxygen atoms in total. The van der Waals surface area contributed by atoms with Gasteiger partial charge in [0.15, 0.2) is 0 Å². The number of hydrogen-bond acceptors (Lipinski definition) is 4. The quantitative estimate of drug-likeness (QED) is 0.541. The van der Waals surface area contributed by atoms with E-state index in [1.54, 1.807) is 12.1 Å². The van der Waals surface area contributed by atoms with Crippen molar-refractivity contribution in [2.75, 3.05) is 11.4 Å². The van der Waals surface area contributed by atoms with E-state index < -0.39 is 23.9 Å². The highest BCUT2D eigenvalue weighted by atomic mass is 16.2. The molecule has 150 valence electrons. The SMILES string of the molecule is CC(C)C[C@@H](C(N)=O)N(C(=O)[C@@H](NCCC(N)=O)C(C)C)c1ccccc1. The number of hydrogen-bond donors (Lipinski definition) is 3. The summed E-state index contributed by atoms with van der Waals surface area (Å²) in [5.74, 6) is -1.09. The van der Waals surface area contributed by atoms with Crippen molar-refractivity contribution in [3.63, 3.8) is 0 Å². The monoisotopic (exact) mass is 376 g/mol. The van der Waals surface area contributed by atoms with Crippen LogP contribution in [0.15, 0.2) is 30.3 Å². The van der Waals surface area contributed by atoms with Crippen molar-refractivity contribution < 1.29 is 14.4 Å². The Hall–Kier alpha value is -2.41. The predicted octanol–water partition coefficient (Wildman–Crippen LogP) is 1.41. The van der Waals surface area contributed by atoms with Crippen LogP contribution < -0.4 is 21.7 Å². The summed E-state index contributed by atoms with van der Waals surface area (Å²) in [7, 11) is 0. The first kappa shape index (κ1) is 22.6. The van der Waals surface area contributed by atoms with Gasteiger partial charge in [0.05, 0.1) is 6.04 Å². The fraction of sp³-hybridized carbons (Fsp3) is 0.550. The van der Waals surface area contributed by atoms with E-state index in [9.17, 15) is 14.4 Å². The minimum Gasteiger partial charge on any atom is -0.370 e. The molecule has 0 aliphatic rings. The van der Waals surface area contributed by atoms with Crippen molar-refractivity contribution in [1.29, 1.82) is 0 Å². The molecular weight excluding hydrogens is 344 g/mol. The Bertz CT molecular complexity index is 631. The second kappa shape index (κ2) is 10.7. The summed E-state index contributed by atoms with van der Waals surface area (Å²) in [6.07, 6.45) is 0.592. The van der Waals surface area contributed by atoms with Crippen molar-refractivity contribution in [2.45, 2.75) is 52.6 Å². The number of rotatable bonds is 11. The van der Waals surface area contributed by atoms with E-state index in [1.807, 2.05) is 45.9 Å². The molecule has 1 aromatic rings. The van der Waals surface area contributed by atoms with Crippen LogP contribution in [0.1, 0.15) is 40.5 Å². The second-order valence-corrected chi connectivity index (χ2v) is 7.48. The largest absolute Gasteiger partial charge is 0.370 e. The van der Waals surface area contributed by atoms with Crippen molar-refractivity contribution >= 4 is 23.4 Å². The molecule has 0 aliphatic carbocycles. The van der Waals surface area contributed by atoms with Crippen LogP contribution in [0.2, 0.25) is 0 Å². The minimum atomic E-state index is -0.751. The Balaban J connectivity index is 3.23. The molecule has 3 amide bonds. The normalized spacial score (nSPS) is 13.4. The first-order chi connectivity index (χ1) is 12.6. The first-order valence-electron chi connectivity index (χ1n) is 9.34. The smallest absolute Gasteiger partial charge is 0.245 e. The highest BCUT2D eigenvalue weighted by Crippen LogP contribution is 2.23. The predicted molar refractivity (Wildman–Crippen MR) is 107 cm³/mol. The molecule has 27 heavy (non-hydrogen) atoms. The molecule has 7 heteroatoms. The van der Waals surface area contributed by atoms with E-state index in [1.165, 1.54) is 4.90 Å². The summed E-state index contributed by atoms with van der Waals surface area (Å²) in [5, 5.41) is 3.10. The van der Waals surface area contributed by atoms with Crippen molar-refractivity contribution in [3.05, 3.63) is 30.3 Å². The van der Waals surface area contributed by atoms with Gasteiger partial charge in [-0.1, -0.05) is 45.9 Å². The highest BCUT2D eigenvalue weighted by molar-refractivity contribution is 6.03. The average Bonchev–Trinajstić information content (AvgIpc) is 2.58. The summed E-state index contributed by atoms with van der Waals surface area (Å²) in [6.45, 7) is 8.07. The number of nitrogens with zero attached hydrogens (tertiary/aromatic N) is 1. The summed E-state index contributed by atoms with van der Waals surface area (Å²) in [5.41, 5.74) is 11.5. The zero-order valence-corrected chi connectivity index (χ0v) is 16.6. The molecule has 0 unspecified atom stereocenters. The van der Waals surface area contributed by atoms with E-state index in [0.717, 1.165) is 0 Å². The maximum absolute atomic E-state index is 13.4. The Morgan fingerprint density at radius 3 is 2.07 bits per heavy atom. The second-order valence-electron chi connectivity index (χ2n) is 7.48. The van der Waals surface area contributed by atoms with Crippen LogP contribution in [0, 0.1) is 11.8 Å². The van der Waals surface area contributed by atoms with Gasteiger partial charge in [-0.15, -0.1) is 0 Å². The molecule has 0 heterocycles. The van der Waals surface area contributed by atoms with Crippen LogP contribution in [0.5, 0.6) is 0 Å². The fourth-order valence-corrected chi connectivity index (χ4v) is 2.95. The molecule has 1 rings (SSSR count). The number of para-hydroxylation sites is 1. The lowest BCUT2D eigenvalue weighted by Crippen LogP contribution is -2.56. The van der Waals surface area contributed by atoms with Crippen LogP contribution in [-0.4, -0.2) is 36.3 Å². The third-order valence-corrected chi connectivity index (χ3v) is 4.27. The van der Waals surface area contributed by atoms with Crippen LogP contribution in [-0.2, 0) is 14.4 Å². The van der Waals surface area contributed by atoms with Crippen LogP contribution >= 0.6 is 0 Å². The van der Waals surface area contributed by atoms with Gasteiger partial charge >= 0.3 is 0 Å². The number of carbonyl (C=O) groups excluding carboxylic acids is 3. The Morgan fingerprint density at radius 2 is 1.63 bits per heavy atom. The molecule has 0 fully saturated rings. The van der Waals surface area contributed by atoms with E-state index in [0.29, 0.717) is 12.1 Å². The highest BCUT2D eigenvalue weighted by Gasteiger charge is 2.35. The Kier molecular flexibility index (Phi) is 8.94. The molecule has 0 aliphatic heterocycles. The Morgan fingerprint density at radius 1 is 1.04 bits per heavy atom. The van der Waals surface area contributed by atoms with Crippen molar-refractivity contribution in [1.82, 2.24) is 5.32 Å². The van der Waals surface area contributed by atoms with Crippen LogP contribution in [0.3, 0.4) is 0 Å². The molecule has 0 spiro atoms. The molecule has 2 atom stereocenters. The first-order valence-corrected chi connectivity index (χ1v) is 9.34. The van der Waals surface area contributed by atoms with Gasteiger partial charge in [0.2, 0.25) is 17.7 Å². The van der Waals surface area contributed by atoms with Crippen molar-refractivity contribution in [2.24, 2.45) is 23.3 Å². The van der Waals surface area contributed by atoms with Crippen LogP contribution in [0.4, 0.5) is 5.69 Å². The minimum absolute atomic E-state index is 0.0517. The van der Waals surface area contributed by atoms with Gasteiger partial charge in [-0.05, 0) is 30.4 Å². The van der Waals surface area contributed by atoms with E-state index in [-0.39, 0.29) is 30.7 Å². The zero-order valence-electron chi connectivity index (χ0n) is 16.6. The molecular formula is C20H32N4O3. The summed E-state index contributed by atoms with van der Waals surface area (Å²) < 4.78 is 0. The maximum Gasteiger partial charge on any atom is 0.245 e. The standard InChI is InChI=1S/C20H32N4O3/c1-13(2)12-16(19(22)26)24(15-8-6-5-7-9-15)20(27)18(14(3)4)23-11-10-17(21)25/h5-9,13-14,16,18,23H,10-12H2,1-4H3,(H2,21,25)(H2,22,26)/t16-,18-/m0/s1. The van der Waals surface area contributed by atoms with Gasteiger partial charge in [-0.2, -0.15) is 0 Å². The van der Waals surface area contributed by atoms with Gasteiger partial charge in [-0.25, -0.2) is 0 Å². The number of nitrogens with one attached hydrogen (secondary N) is 1. The summed E-state index contributed by atoms with van der Waals surface area (Å²) >= 11 is 0. The van der Waals surface area contributed by atoms with E-state index in [2.05, 4.69) is 5.32 Å². The lowest BCUT2D eigenvalue weighted by Gasteiger charge is -2.35. The van der Waals surface area contributed by atoms with Gasteiger partial charge in [0, 0.05) is 18.7 Å². The van der Waals surface area contributed by atoms with E-state index >= 15 is 0 Å². The number of nitrogens with two attached hydrogens (primary N) is 2.